The second kappa shape index (κ2) is 16.1. The fourth-order valence-electron chi connectivity index (χ4n) is 23.5. The molecule has 0 saturated heterocycles. The van der Waals surface area contributed by atoms with Gasteiger partial charge in [-0.3, -0.25) is 0 Å². The SMILES string of the molecule is CC(C)C(C)(C)C1CC2C(C3CCCCC31)C1C3C4C5CCC(C(C)(C)C)CC5CCC4C4(C3CCC1C2(C)C)C(C1CCCCC1)C(C1CCCCC1)C4C1CCCCC1. The second-order valence-corrected chi connectivity index (χ2v) is 29.3. The highest BCUT2D eigenvalue weighted by atomic mass is 14.8. The van der Waals surface area contributed by atoms with E-state index in [2.05, 4.69) is 62.3 Å². The Morgan fingerprint density at radius 1 is 0.393 bits per heavy atom. The van der Waals surface area contributed by atoms with Crippen molar-refractivity contribution in [3.05, 3.63) is 0 Å². The highest BCUT2D eigenvalue weighted by Gasteiger charge is 2.80. The smallest absolute Gasteiger partial charge is 0.0168 e. The summed E-state index contributed by atoms with van der Waals surface area (Å²) in [7, 11) is 0. The van der Waals surface area contributed by atoms with E-state index in [9.17, 15) is 0 Å². The van der Waals surface area contributed by atoms with Crippen molar-refractivity contribution >= 4 is 0 Å². The molecule has 0 amide bonds. The molecular formula is C61H102. The minimum atomic E-state index is 0.461. The van der Waals surface area contributed by atoms with Gasteiger partial charge in [-0.05, 0) is 210 Å². The average molecular weight is 835 g/mol. The van der Waals surface area contributed by atoms with Crippen molar-refractivity contribution in [1.82, 2.24) is 0 Å². The lowest BCUT2D eigenvalue weighted by Crippen LogP contribution is -2.69. The number of hydrogen-bond donors (Lipinski definition) is 0. The molecule has 0 aromatic carbocycles. The summed E-state index contributed by atoms with van der Waals surface area (Å²) >= 11 is 0. The summed E-state index contributed by atoms with van der Waals surface area (Å²) in [6.07, 6.45) is 43.0. The second-order valence-electron chi connectivity index (χ2n) is 29.3. The van der Waals surface area contributed by atoms with E-state index in [0.29, 0.717) is 21.7 Å². The molecule has 0 heterocycles. The maximum Gasteiger partial charge on any atom is -0.0168 e. The van der Waals surface area contributed by atoms with Crippen LogP contribution in [0.4, 0.5) is 0 Å². The Balaban J connectivity index is 1.07. The summed E-state index contributed by atoms with van der Waals surface area (Å²) in [5, 5.41) is 0. The lowest BCUT2D eigenvalue weighted by Gasteiger charge is -2.73. The van der Waals surface area contributed by atoms with Crippen molar-refractivity contribution in [2.75, 3.05) is 0 Å². The first-order valence-electron chi connectivity index (χ1n) is 29.3. The highest BCUT2D eigenvalue weighted by Crippen LogP contribution is 2.85. The van der Waals surface area contributed by atoms with Crippen LogP contribution in [0.3, 0.4) is 0 Å². The average Bonchev–Trinajstić information content (AvgIpc) is 3.70. The van der Waals surface area contributed by atoms with Crippen molar-refractivity contribution in [2.24, 2.45) is 146 Å². The standard InChI is InChI=1S/C61H102/c1-37(2)59(6,7)49-36-50-53(45-28-20-19-27-44(45)49)54-46(60(50,8)9)33-34-48-55(54)52-43-31-30-42(58(3,4)5)35-41(43)29-32-47(52)61(48)56(39-23-15-11-16-24-39)51(38-21-13-10-14-22-38)57(61)40-25-17-12-18-26-40/h37-57H,10-36H2,1-9H3. The molecule has 61 heavy (non-hydrogen) atoms. The molecule has 0 heteroatoms. The molecule has 11 aliphatic rings. The number of fused-ring (bicyclic) bond motifs is 13. The van der Waals surface area contributed by atoms with Crippen LogP contribution in [0.2, 0.25) is 0 Å². The summed E-state index contributed by atoms with van der Waals surface area (Å²) in [6, 6.07) is 0. The molecule has 1 spiro atoms. The van der Waals surface area contributed by atoms with Crippen molar-refractivity contribution < 1.29 is 0 Å². The Morgan fingerprint density at radius 2 is 0.885 bits per heavy atom. The first kappa shape index (κ1) is 43.6. The van der Waals surface area contributed by atoms with Gasteiger partial charge in [0, 0.05) is 0 Å². The molecule has 0 N–H and O–H groups in total. The van der Waals surface area contributed by atoms with Gasteiger partial charge in [-0.15, -0.1) is 0 Å². The maximum atomic E-state index is 2.93. The third-order valence-electron chi connectivity index (χ3n) is 26.1. The largest absolute Gasteiger partial charge is 0.0623 e. The predicted octanol–water partition coefficient (Wildman–Crippen LogP) is 17.7. The Hall–Kier alpha value is 0. The van der Waals surface area contributed by atoms with Crippen LogP contribution >= 0.6 is 0 Å². The Kier molecular flexibility index (Phi) is 11.5. The van der Waals surface area contributed by atoms with Crippen molar-refractivity contribution in [2.45, 2.75) is 236 Å². The van der Waals surface area contributed by atoms with Crippen molar-refractivity contribution in [3.63, 3.8) is 0 Å². The van der Waals surface area contributed by atoms with E-state index in [0.717, 1.165) is 124 Å². The molecular weight excluding hydrogens is 733 g/mol. The van der Waals surface area contributed by atoms with E-state index in [-0.39, 0.29) is 0 Å². The summed E-state index contributed by atoms with van der Waals surface area (Å²) in [4.78, 5) is 0. The zero-order valence-corrected chi connectivity index (χ0v) is 42.2. The van der Waals surface area contributed by atoms with Gasteiger partial charge in [0.15, 0.2) is 0 Å². The van der Waals surface area contributed by atoms with Crippen molar-refractivity contribution in [3.8, 4) is 0 Å². The van der Waals surface area contributed by atoms with Crippen LogP contribution in [0.5, 0.6) is 0 Å². The van der Waals surface area contributed by atoms with Gasteiger partial charge in [0.1, 0.15) is 0 Å². The summed E-state index contributed by atoms with van der Waals surface area (Å²) in [5.41, 5.74) is 2.18. The van der Waals surface area contributed by atoms with Gasteiger partial charge in [0.05, 0.1) is 0 Å². The van der Waals surface area contributed by atoms with Gasteiger partial charge in [-0.2, -0.15) is 0 Å². The Labute approximate surface area is 380 Å². The van der Waals surface area contributed by atoms with Crippen LogP contribution in [0, 0.1) is 146 Å². The van der Waals surface area contributed by atoms with Crippen LogP contribution in [0.1, 0.15) is 236 Å². The molecule has 0 aromatic rings. The van der Waals surface area contributed by atoms with Gasteiger partial charge < -0.3 is 0 Å². The molecule has 346 valence electrons. The topological polar surface area (TPSA) is 0 Å². The molecule has 0 aliphatic heterocycles. The van der Waals surface area contributed by atoms with Crippen LogP contribution in [0.15, 0.2) is 0 Å². The third-order valence-corrected chi connectivity index (χ3v) is 26.1. The molecule has 16 unspecified atom stereocenters. The monoisotopic (exact) mass is 835 g/mol. The minimum absolute atomic E-state index is 0.461. The highest BCUT2D eigenvalue weighted by molar-refractivity contribution is 5.27. The van der Waals surface area contributed by atoms with Crippen LogP contribution in [-0.4, -0.2) is 0 Å². The lowest BCUT2D eigenvalue weighted by atomic mass is 9.31. The molecule has 11 rings (SSSR count). The van der Waals surface area contributed by atoms with Gasteiger partial charge in [-0.25, -0.2) is 0 Å². The van der Waals surface area contributed by atoms with Gasteiger partial charge in [0.25, 0.3) is 0 Å². The Morgan fingerprint density at radius 3 is 1.48 bits per heavy atom. The molecule has 0 radical (unpaired) electrons. The van der Waals surface area contributed by atoms with E-state index in [4.69, 9.17) is 0 Å². The van der Waals surface area contributed by atoms with E-state index < -0.39 is 0 Å². The van der Waals surface area contributed by atoms with Gasteiger partial charge >= 0.3 is 0 Å². The lowest BCUT2D eigenvalue weighted by molar-refractivity contribution is -0.262. The van der Waals surface area contributed by atoms with Crippen LogP contribution in [-0.2, 0) is 0 Å². The first-order chi connectivity index (χ1) is 29.3. The normalized spacial score (nSPS) is 50.6. The molecule has 16 atom stereocenters. The molecule has 11 saturated carbocycles. The fraction of sp³-hybridized carbons (Fsp3) is 1.00. The minimum Gasteiger partial charge on any atom is -0.0623 e. The first-order valence-corrected chi connectivity index (χ1v) is 29.3. The van der Waals surface area contributed by atoms with E-state index >= 15 is 0 Å². The zero-order chi connectivity index (χ0) is 42.2. The fourth-order valence-corrected chi connectivity index (χ4v) is 23.5. The number of hydrogen-bond acceptors (Lipinski definition) is 0. The van der Waals surface area contributed by atoms with Crippen molar-refractivity contribution in [1.29, 1.82) is 0 Å². The molecule has 0 nitrogen and oxygen atoms in total. The quantitative estimate of drug-likeness (QED) is 0.259. The summed E-state index contributed by atoms with van der Waals surface area (Å²) in [5.74, 6) is 21.9. The Bertz CT molecular complexity index is 1490. The van der Waals surface area contributed by atoms with Crippen LogP contribution < -0.4 is 0 Å². The van der Waals surface area contributed by atoms with Gasteiger partial charge in [-0.1, -0.05) is 171 Å². The number of rotatable bonds is 5. The maximum absolute atomic E-state index is 2.93. The molecule has 11 fully saturated rings. The third kappa shape index (κ3) is 6.52. The molecule has 11 aliphatic carbocycles. The van der Waals surface area contributed by atoms with E-state index in [1.807, 2.05) is 0 Å². The van der Waals surface area contributed by atoms with Crippen LogP contribution in [0.25, 0.3) is 0 Å². The summed E-state index contributed by atoms with van der Waals surface area (Å²) < 4.78 is 0. The molecule has 0 bridgehead atoms. The van der Waals surface area contributed by atoms with E-state index in [1.165, 1.54) is 6.42 Å². The zero-order valence-electron chi connectivity index (χ0n) is 42.2. The van der Waals surface area contributed by atoms with Gasteiger partial charge in [0.2, 0.25) is 0 Å². The summed E-state index contributed by atoms with van der Waals surface area (Å²) in [6.45, 7) is 24.4. The predicted molar refractivity (Wildman–Crippen MR) is 259 cm³/mol. The molecule has 0 aromatic heterocycles. The van der Waals surface area contributed by atoms with E-state index in [1.54, 1.807) is 167 Å².